The minimum atomic E-state index is 0.00357. The summed E-state index contributed by atoms with van der Waals surface area (Å²) in [6.45, 7) is 9.86. The van der Waals surface area contributed by atoms with Gasteiger partial charge in [0.15, 0.2) is 0 Å². The van der Waals surface area contributed by atoms with Crippen LogP contribution in [0.3, 0.4) is 0 Å². The number of hydrogen-bond donors (Lipinski definition) is 1. The van der Waals surface area contributed by atoms with Crippen LogP contribution in [-0.4, -0.2) is 28.9 Å². The first-order valence-corrected chi connectivity index (χ1v) is 8.65. The third kappa shape index (κ3) is 4.34. The Morgan fingerprint density at radius 1 is 1.08 bits per heavy atom. The third-order valence-electron chi connectivity index (χ3n) is 4.00. The molecule has 1 aromatic carbocycles. The summed E-state index contributed by atoms with van der Waals surface area (Å²) < 4.78 is 0. The molecule has 0 aliphatic rings. The van der Waals surface area contributed by atoms with Gasteiger partial charge in [0.25, 0.3) is 5.91 Å². The molecule has 0 saturated carbocycles. The molecule has 2 aromatic rings. The normalized spacial score (nSPS) is 10.5. The molecule has 1 amide bonds. The highest BCUT2D eigenvalue weighted by Gasteiger charge is 2.16. The first kappa shape index (κ1) is 18.0. The number of amides is 1. The first-order chi connectivity index (χ1) is 11.6. The van der Waals surface area contributed by atoms with E-state index in [0.717, 1.165) is 37.3 Å². The van der Waals surface area contributed by atoms with Gasteiger partial charge in [-0.05, 0) is 49.9 Å². The predicted molar refractivity (Wildman–Crippen MR) is 99.9 cm³/mol. The van der Waals surface area contributed by atoms with Gasteiger partial charge >= 0.3 is 0 Å². The van der Waals surface area contributed by atoms with Crippen molar-refractivity contribution in [3.63, 3.8) is 0 Å². The van der Waals surface area contributed by atoms with Crippen LogP contribution in [0.2, 0.25) is 0 Å². The highest BCUT2D eigenvalue weighted by molar-refractivity contribution is 5.93. The van der Waals surface area contributed by atoms with Crippen molar-refractivity contribution in [1.29, 1.82) is 0 Å². The molecule has 0 aliphatic carbocycles. The van der Waals surface area contributed by atoms with Crippen LogP contribution in [0.5, 0.6) is 0 Å². The lowest BCUT2D eigenvalue weighted by atomic mass is 10.1. The number of nitrogens with zero attached hydrogens (tertiary/aromatic N) is 2. The zero-order valence-electron chi connectivity index (χ0n) is 15.1. The Morgan fingerprint density at radius 2 is 1.71 bits per heavy atom. The van der Waals surface area contributed by atoms with Gasteiger partial charge in [0.1, 0.15) is 5.69 Å². The zero-order chi connectivity index (χ0) is 17.5. The van der Waals surface area contributed by atoms with E-state index in [0.29, 0.717) is 5.69 Å². The fourth-order valence-electron chi connectivity index (χ4n) is 2.80. The molecule has 4 nitrogen and oxygen atoms in total. The molecule has 0 radical (unpaired) electrons. The van der Waals surface area contributed by atoms with Crippen LogP contribution in [0.25, 0.3) is 0 Å². The van der Waals surface area contributed by atoms with Gasteiger partial charge < -0.3 is 10.2 Å². The van der Waals surface area contributed by atoms with Crippen LogP contribution < -0.4 is 5.32 Å². The van der Waals surface area contributed by atoms with E-state index in [9.17, 15) is 4.79 Å². The number of benzene rings is 1. The van der Waals surface area contributed by atoms with E-state index in [2.05, 4.69) is 50.1 Å². The van der Waals surface area contributed by atoms with Gasteiger partial charge in [-0.25, -0.2) is 0 Å². The zero-order valence-corrected chi connectivity index (χ0v) is 15.1. The molecule has 1 heterocycles. The Bertz CT molecular complexity index is 671. The lowest BCUT2D eigenvalue weighted by Gasteiger charge is -2.21. The molecule has 1 N–H and O–H groups in total. The Balaban J connectivity index is 2.23. The monoisotopic (exact) mass is 325 g/mol. The Labute approximate surface area is 144 Å². The lowest BCUT2D eigenvalue weighted by molar-refractivity contribution is 0.0749. The van der Waals surface area contributed by atoms with Crippen LogP contribution in [0, 0.1) is 13.8 Å². The number of nitrogens with one attached hydrogen (secondary N) is 1. The van der Waals surface area contributed by atoms with E-state index in [1.807, 2.05) is 23.1 Å². The molecule has 4 heteroatoms. The summed E-state index contributed by atoms with van der Waals surface area (Å²) in [4.78, 5) is 18.9. The summed E-state index contributed by atoms with van der Waals surface area (Å²) in [6, 6.07) is 9.93. The lowest BCUT2D eigenvalue weighted by Crippen LogP contribution is -2.33. The highest BCUT2D eigenvalue weighted by atomic mass is 16.2. The van der Waals surface area contributed by atoms with Gasteiger partial charge in [0, 0.05) is 30.7 Å². The smallest absolute Gasteiger partial charge is 0.272 e. The predicted octanol–water partition coefficient (Wildman–Crippen LogP) is 4.70. The maximum absolute atomic E-state index is 12.7. The second-order valence-electron chi connectivity index (χ2n) is 6.11. The summed E-state index contributed by atoms with van der Waals surface area (Å²) in [5.74, 6) is 0.00357. The van der Waals surface area contributed by atoms with Crippen LogP contribution >= 0.6 is 0 Å². The topological polar surface area (TPSA) is 45.2 Å². The van der Waals surface area contributed by atoms with Crippen molar-refractivity contribution in [2.24, 2.45) is 0 Å². The Hall–Kier alpha value is -2.36. The van der Waals surface area contributed by atoms with E-state index in [-0.39, 0.29) is 5.91 Å². The largest absolute Gasteiger partial charge is 0.355 e. The van der Waals surface area contributed by atoms with Gasteiger partial charge in [-0.1, -0.05) is 32.0 Å². The van der Waals surface area contributed by atoms with Crippen molar-refractivity contribution < 1.29 is 4.79 Å². The van der Waals surface area contributed by atoms with E-state index in [1.165, 1.54) is 11.1 Å². The number of hydrogen-bond acceptors (Lipinski definition) is 3. The molecule has 0 atom stereocenters. The maximum Gasteiger partial charge on any atom is 0.272 e. The summed E-state index contributed by atoms with van der Waals surface area (Å²) in [5.41, 5.74) is 4.82. The van der Waals surface area contributed by atoms with Gasteiger partial charge in [0.2, 0.25) is 0 Å². The molecule has 128 valence electrons. The summed E-state index contributed by atoms with van der Waals surface area (Å²) in [5, 5.41) is 3.43. The van der Waals surface area contributed by atoms with E-state index in [4.69, 9.17) is 0 Å². The van der Waals surface area contributed by atoms with Gasteiger partial charge in [-0.3, -0.25) is 9.78 Å². The second kappa shape index (κ2) is 8.48. The number of carbonyl (C=O) groups excluding carboxylic acids is 1. The second-order valence-corrected chi connectivity index (χ2v) is 6.11. The standard InChI is InChI=1S/C20H27N3O/c1-5-12-23(13-6-2)20(24)18-14-17(10-11-21-18)22-19-15(3)8-7-9-16(19)4/h7-11,14H,5-6,12-13H2,1-4H3,(H,21,22). The number of aromatic nitrogens is 1. The summed E-state index contributed by atoms with van der Waals surface area (Å²) >= 11 is 0. The van der Waals surface area contributed by atoms with Crippen molar-refractivity contribution in [3.8, 4) is 0 Å². The highest BCUT2D eigenvalue weighted by Crippen LogP contribution is 2.24. The van der Waals surface area contributed by atoms with E-state index < -0.39 is 0 Å². The minimum absolute atomic E-state index is 0.00357. The fraction of sp³-hybridized carbons (Fsp3) is 0.400. The van der Waals surface area contributed by atoms with Crippen molar-refractivity contribution in [2.75, 3.05) is 18.4 Å². The third-order valence-corrected chi connectivity index (χ3v) is 4.00. The number of anilines is 2. The number of carbonyl (C=O) groups is 1. The maximum atomic E-state index is 12.7. The molecule has 0 fully saturated rings. The molecular weight excluding hydrogens is 298 g/mol. The van der Waals surface area contributed by atoms with Crippen LogP contribution in [0.4, 0.5) is 11.4 Å². The average Bonchev–Trinajstić information content (AvgIpc) is 2.58. The number of pyridine rings is 1. The molecule has 0 aliphatic heterocycles. The van der Waals surface area contributed by atoms with Gasteiger partial charge in [-0.15, -0.1) is 0 Å². The molecule has 0 spiro atoms. The van der Waals surface area contributed by atoms with Gasteiger partial charge in [-0.2, -0.15) is 0 Å². The first-order valence-electron chi connectivity index (χ1n) is 8.65. The number of para-hydroxylation sites is 1. The van der Waals surface area contributed by atoms with E-state index >= 15 is 0 Å². The van der Waals surface area contributed by atoms with Crippen molar-refractivity contribution >= 4 is 17.3 Å². The molecule has 2 rings (SSSR count). The minimum Gasteiger partial charge on any atom is -0.355 e. The summed E-state index contributed by atoms with van der Waals surface area (Å²) in [7, 11) is 0. The SMILES string of the molecule is CCCN(CCC)C(=O)c1cc(Nc2c(C)cccc2C)ccn1. The average molecular weight is 325 g/mol. The molecule has 24 heavy (non-hydrogen) atoms. The van der Waals surface area contributed by atoms with Crippen LogP contribution in [0.15, 0.2) is 36.5 Å². The summed E-state index contributed by atoms with van der Waals surface area (Å²) in [6.07, 6.45) is 3.59. The van der Waals surface area contributed by atoms with Crippen molar-refractivity contribution in [1.82, 2.24) is 9.88 Å². The fourth-order valence-corrected chi connectivity index (χ4v) is 2.80. The van der Waals surface area contributed by atoms with Gasteiger partial charge in [0.05, 0.1) is 0 Å². The molecule has 0 bridgehead atoms. The molecule has 0 saturated heterocycles. The number of rotatable bonds is 7. The Morgan fingerprint density at radius 3 is 2.29 bits per heavy atom. The molecule has 1 aromatic heterocycles. The van der Waals surface area contributed by atoms with Crippen LogP contribution in [-0.2, 0) is 0 Å². The molecular formula is C20H27N3O. The molecule has 0 unspecified atom stereocenters. The van der Waals surface area contributed by atoms with Crippen molar-refractivity contribution in [2.45, 2.75) is 40.5 Å². The van der Waals surface area contributed by atoms with Crippen molar-refractivity contribution in [3.05, 3.63) is 53.3 Å². The van der Waals surface area contributed by atoms with Crippen LogP contribution in [0.1, 0.15) is 48.3 Å². The Kier molecular flexibility index (Phi) is 6.36. The van der Waals surface area contributed by atoms with E-state index in [1.54, 1.807) is 6.20 Å². The number of aryl methyl sites for hydroxylation is 2. The quantitative estimate of drug-likeness (QED) is 0.802.